The van der Waals surface area contributed by atoms with Crippen LogP contribution in [0.15, 0.2) is 24.3 Å². The van der Waals surface area contributed by atoms with E-state index in [9.17, 15) is 9.90 Å². The van der Waals surface area contributed by atoms with Gasteiger partial charge in [0.2, 0.25) is 0 Å². The van der Waals surface area contributed by atoms with Crippen LogP contribution in [0.5, 0.6) is 0 Å². The number of hydrogen-bond donors (Lipinski definition) is 1. The fraction of sp³-hybridized carbons (Fsp3) is 0.588. The Morgan fingerprint density at radius 1 is 1.38 bits per heavy atom. The highest BCUT2D eigenvalue weighted by atomic mass is 35.5. The van der Waals surface area contributed by atoms with Gasteiger partial charge in [-0.15, -0.1) is 0 Å². The molecule has 4 heteroatoms. The Morgan fingerprint density at radius 2 is 2.00 bits per heavy atom. The standard InChI is InChI=1S/C17H24ClNO2/c1-17(2,3)16(21)15(11-19-9-8-14(20)10-19)12-4-6-13(18)7-5-12/h4-7,14-15,20H,8-11H2,1-3H3/t14-,15?/m0/s1. The lowest BCUT2D eigenvalue weighted by molar-refractivity contribution is -0.128. The quantitative estimate of drug-likeness (QED) is 0.929. The molecule has 1 aliphatic rings. The molecule has 1 aromatic carbocycles. The van der Waals surface area contributed by atoms with E-state index in [-0.39, 0.29) is 23.2 Å². The van der Waals surface area contributed by atoms with Crippen molar-refractivity contribution in [1.29, 1.82) is 0 Å². The number of aliphatic hydroxyl groups is 1. The summed E-state index contributed by atoms with van der Waals surface area (Å²) in [5.74, 6) is 0.0544. The van der Waals surface area contributed by atoms with Crippen molar-refractivity contribution >= 4 is 17.4 Å². The molecule has 2 atom stereocenters. The average Bonchev–Trinajstić information content (AvgIpc) is 2.81. The SMILES string of the molecule is CC(C)(C)C(=O)C(CN1CC[C@H](O)C1)c1ccc(Cl)cc1. The molecular formula is C17H24ClNO2. The molecule has 1 N–H and O–H groups in total. The predicted molar refractivity (Wildman–Crippen MR) is 85.7 cm³/mol. The third-order valence-corrected chi connectivity index (χ3v) is 4.27. The zero-order valence-electron chi connectivity index (χ0n) is 13.0. The summed E-state index contributed by atoms with van der Waals surface area (Å²) in [5, 5.41) is 10.4. The highest BCUT2D eigenvalue weighted by molar-refractivity contribution is 6.30. The van der Waals surface area contributed by atoms with Gasteiger partial charge in [-0.1, -0.05) is 44.5 Å². The van der Waals surface area contributed by atoms with E-state index in [1.165, 1.54) is 0 Å². The van der Waals surface area contributed by atoms with Gasteiger partial charge in [0.1, 0.15) is 5.78 Å². The number of carbonyl (C=O) groups excluding carboxylic acids is 1. The molecular weight excluding hydrogens is 286 g/mol. The smallest absolute Gasteiger partial charge is 0.146 e. The summed E-state index contributed by atoms with van der Waals surface area (Å²) in [5.41, 5.74) is 0.614. The number of likely N-dealkylation sites (tertiary alicyclic amines) is 1. The Kier molecular flexibility index (Phi) is 5.07. The summed E-state index contributed by atoms with van der Waals surface area (Å²) in [7, 11) is 0. The average molecular weight is 310 g/mol. The second-order valence-corrected chi connectivity index (χ2v) is 7.36. The van der Waals surface area contributed by atoms with E-state index in [0.29, 0.717) is 18.1 Å². The maximum Gasteiger partial charge on any atom is 0.146 e. The molecule has 0 amide bonds. The van der Waals surface area contributed by atoms with E-state index in [1.807, 2.05) is 45.0 Å². The summed E-state index contributed by atoms with van der Waals surface area (Å²) >= 11 is 5.95. The first-order valence-electron chi connectivity index (χ1n) is 7.47. The first-order chi connectivity index (χ1) is 9.77. The van der Waals surface area contributed by atoms with Gasteiger partial charge in [-0.3, -0.25) is 9.69 Å². The number of aliphatic hydroxyl groups excluding tert-OH is 1. The third kappa shape index (κ3) is 4.29. The van der Waals surface area contributed by atoms with Crippen molar-refractivity contribution in [3.05, 3.63) is 34.9 Å². The number of hydrogen-bond acceptors (Lipinski definition) is 3. The van der Waals surface area contributed by atoms with Gasteiger partial charge in [0, 0.05) is 30.1 Å². The van der Waals surface area contributed by atoms with Crippen LogP contribution in [0.1, 0.15) is 38.7 Å². The van der Waals surface area contributed by atoms with Gasteiger partial charge in [0.25, 0.3) is 0 Å². The van der Waals surface area contributed by atoms with E-state index >= 15 is 0 Å². The number of ketones is 1. The summed E-state index contributed by atoms with van der Waals surface area (Å²) in [4.78, 5) is 15.0. The maximum atomic E-state index is 12.8. The fourth-order valence-corrected chi connectivity index (χ4v) is 2.92. The molecule has 1 unspecified atom stereocenters. The van der Waals surface area contributed by atoms with Gasteiger partial charge in [0.05, 0.1) is 12.0 Å². The van der Waals surface area contributed by atoms with Gasteiger partial charge in [-0.2, -0.15) is 0 Å². The minimum Gasteiger partial charge on any atom is -0.392 e. The molecule has 2 rings (SSSR count). The Morgan fingerprint density at radius 3 is 2.48 bits per heavy atom. The van der Waals surface area contributed by atoms with Gasteiger partial charge in [-0.25, -0.2) is 0 Å². The zero-order valence-corrected chi connectivity index (χ0v) is 13.7. The van der Waals surface area contributed by atoms with Gasteiger partial charge in [-0.05, 0) is 24.1 Å². The number of halogens is 1. The predicted octanol–water partition coefficient (Wildman–Crippen LogP) is 3.11. The van der Waals surface area contributed by atoms with Crippen LogP contribution in [0, 0.1) is 5.41 Å². The lowest BCUT2D eigenvalue weighted by Gasteiger charge is -2.28. The number of benzene rings is 1. The number of Topliss-reactive ketones (excluding diaryl/α,β-unsaturated/α-hetero) is 1. The van der Waals surface area contributed by atoms with Gasteiger partial charge >= 0.3 is 0 Å². The van der Waals surface area contributed by atoms with Crippen LogP contribution in [0.25, 0.3) is 0 Å². The van der Waals surface area contributed by atoms with Crippen molar-refractivity contribution in [2.24, 2.45) is 5.41 Å². The van der Waals surface area contributed by atoms with Gasteiger partial charge in [0.15, 0.2) is 0 Å². The van der Waals surface area contributed by atoms with Crippen LogP contribution in [0.4, 0.5) is 0 Å². The Hall–Kier alpha value is -0.900. The Balaban J connectivity index is 2.21. The normalized spacial score (nSPS) is 21.5. The lowest BCUT2D eigenvalue weighted by Crippen LogP contribution is -2.36. The number of rotatable bonds is 4. The molecule has 0 bridgehead atoms. The molecule has 0 aromatic heterocycles. The molecule has 0 spiro atoms. The van der Waals surface area contributed by atoms with E-state index in [2.05, 4.69) is 4.90 Å². The van der Waals surface area contributed by atoms with E-state index in [0.717, 1.165) is 18.5 Å². The molecule has 0 radical (unpaired) electrons. The van der Waals surface area contributed by atoms with Gasteiger partial charge < -0.3 is 5.11 Å². The maximum absolute atomic E-state index is 12.8. The molecule has 0 saturated carbocycles. The second-order valence-electron chi connectivity index (χ2n) is 6.92. The summed E-state index contributed by atoms with van der Waals surface area (Å²) in [6.07, 6.45) is 0.525. The molecule has 116 valence electrons. The van der Waals surface area contributed by atoms with Crippen LogP contribution in [-0.2, 0) is 4.79 Å². The first kappa shape index (κ1) is 16.5. The van der Waals surface area contributed by atoms with Crippen molar-refractivity contribution in [2.75, 3.05) is 19.6 Å². The van der Waals surface area contributed by atoms with Crippen LogP contribution in [0.2, 0.25) is 5.02 Å². The minimum atomic E-state index is -0.386. The zero-order chi connectivity index (χ0) is 15.6. The number of nitrogens with zero attached hydrogens (tertiary/aromatic N) is 1. The highest BCUT2D eigenvalue weighted by Crippen LogP contribution is 2.30. The second kappa shape index (κ2) is 6.47. The summed E-state index contributed by atoms with van der Waals surface area (Å²) < 4.78 is 0. The largest absolute Gasteiger partial charge is 0.392 e. The topological polar surface area (TPSA) is 40.5 Å². The van der Waals surface area contributed by atoms with Crippen molar-refractivity contribution in [1.82, 2.24) is 4.90 Å². The number of carbonyl (C=O) groups is 1. The van der Waals surface area contributed by atoms with Crippen LogP contribution < -0.4 is 0 Å². The first-order valence-corrected chi connectivity index (χ1v) is 7.85. The van der Waals surface area contributed by atoms with E-state index < -0.39 is 0 Å². The van der Waals surface area contributed by atoms with Crippen molar-refractivity contribution in [3.63, 3.8) is 0 Å². The Bertz CT molecular complexity index is 493. The monoisotopic (exact) mass is 309 g/mol. The highest BCUT2D eigenvalue weighted by Gasteiger charge is 2.33. The van der Waals surface area contributed by atoms with Crippen molar-refractivity contribution in [2.45, 2.75) is 39.2 Å². The van der Waals surface area contributed by atoms with Crippen molar-refractivity contribution < 1.29 is 9.90 Å². The minimum absolute atomic E-state index is 0.174. The molecule has 21 heavy (non-hydrogen) atoms. The molecule has 3 nitrogen and oxygen atoms in total. The van der Waals surface area contributed by atoms with Crippen molar-refractivity contribution in [3.8, 4) is 0 Å². The van der Waals surface area contributed by atoms with E-state index in [4.69, 9.17) is 11.6 Å². The van der Waals surface area contributed by atoms with Crippen LogP contribution >= 0.6 is 11.6 Å². The molecule has 1 fully saturated rings. The molecule has 1 aromatic rings. The summed E-state index contributed by atoms with van der Waals surface area (Å²) in [6, 6.07) is 7.53. The summed E-state index contributed by atoms with van der Waals surface area (Å²) in [6.45, 7) is 8.03. The van der Waals surface area contributed by atoms with Crippen LogP contribution in [0.3, 0.4) is 0 Å². The molecule has 1 heterocycles. The lowest BCUT2D eigenvalue weighted by atomic mass is 9.79. The number of β-amino-alcohol motifs (C(OH)–C–C–N with tert-alkyl or cyclic N) is 1. The molecule has 0 aliphatic carbocycles. The van der Waals surface area contributed by atoms with E-state index in [1.54, 1.807) is 0 Å². The molecule has 1 saturated heterocycles. The fourth-order valence-electron chi connectivity index (χ4n) is 2.79. The third-order valence-electron chi connectivity index (χ3n) is 4.02. The van der Waals surface area contributed by atoms with Crippen LogP contribution in [-0.4, -0.2) is 41.5 Å². The Labute approximate surface area is 131 Å². The molecule has 1 aliphatic heterocycles.